The van der Waals surface area contributed by atoms with Gasteiger partial charge in [-0.2, -0.15) is 0 Å². The Hall–Kier alpha value is -3.52. The number of nitro benzene ring substituents is 1. The number of pyridine rings is 1. The lowest BCUT2D eigenvalue weighted by molar-refractivity contribution is -0.385. The number of rotatable bonds is 6. The number of nitrogens with zero attached hydrogens (tertiary/aromatic N) is 2. The van der Waals surface area contributed by atoms with E-state index in [-0.39, 0.29) is 33.6 Å². The number of nitro groups is 1. The van der Waals surface area contributed by atoms with Crippen LogP contribution in [0.2, 0.25) is 0 Å². The van der Waals surface area contributed by atoms with Gasteiger partial charge in [-0.05, 0) is 39.7 Å². The van der Waals surface area contributed by atoms with E-state index < -0.39 is 16.7 Å². The van der Waals surface area contributed by atoms with Gasteiger partial charge >= 0.3 is 5.97 Å². The third-order valence-corrected chi connectivity index (χ3v) is 4.84. The van der Waals surface area contributed by atoms with Crippen molar-refractivity contribution in [2.45, 2.75) is 6.61 Å². The highest BCUT2D eigenvalue weighted by molar-refractivity contribution is 9.10. The molecule has 2 aromatic carbocycles. The van der Waals surface area contributed by atoms with Gasteiger partial charge in [-0.25, -0.2) is 4.79 Å². The van der Waals surface area contributed by atoms with Gasteiger partial charge in [0.2, 0.25) is 0 Å². The van der Waals surface area contributed by atoms with Crippen molar-refractivity contribution in [3.63, 3.8) is 0 Å². The summed E-state index contributed by atoms with van der Waals surface area (Å²) in [6.07, 6.45) is 1.47. The van der Waals surface area contributed by atoms with Crippen LogP contribution in [0.15, 0.2) is 77.4 Å². The summed E-state index contributed by atoms with van der Waals surface area (Å²) in [5.41, 5.74) is 0.602. The number of carbonyl (C=O) groups is 1. The standard InChI is InChI=1S/C21H15BrN2O5/c22-19-15(9-6-11-17(19)24(27)28)20(25)18(16-10-4-5-12-23-16)21(26)29-13-14-7-2-1-3-8-14/h1-12,25H,13H2/b20-18-. The SMILES string of the molecule is O=C(OCc1ccccc1)/C(=C(\O)c1cccc([N+](=O)[O-])c1Br)c1ccccn1. The van der Waals surface area contributed by atoms with Gasteiger partial charge in [0.25, 0.3) is 5.69 Å². The molecule has 0 saturated carbocycles. The van der Waals surface area contributed by atoms with E-state index in [4.69, 9.17) is 4.74 Å². The number of hydrogen-bond acceptors (Lipinski definition) is 6. The molecule has 1 aromatic heterocycles. The Morgan fingerprint density at radius 3 is 2.45 bits per heavy atom. The van der Waals surface area contributed by atoms with Gasteiger partial charge in [-0.1, -0.05) is 42.5 Å². The maximum atomic E-state index is 12.8. The average Bonchev–Trinajstić information content (AvgIpc) is 2.74. The van der Waals surface area contributed by atoms with Crippen LogP contribution >= 0.6 is 15.9 Å². The second-order valence-corrected chi connectivity index (χ2v) is 6.69. The van der Waals surface area contributed by atoms with Crippen molar-refractivity contribution < 1.29 is 19.6 Å². The molecule has 7 nitrogen and oxygen atoms in total. The normalized spacial score (nSPS) is 11.5. The molecule has 8 heteroatoms. The van der Waals surface area contributed by atoms with Crippen molar-refractivity contribution in [3.8, 4) is 0 Å². The van der Waals surface area contributed by atoms with E-state index in [1.165, 1.54) is 24.4 Å². The highest BCUT2D eigenvalue weighted by Crippen LogP contribution is 2.35. The average molecular weight is 455 g/mol. The fourth-order valence-electron chi connectivity index (χ4n) is 2.61. The lowest BCUT2D eigenvalue weighted by Gasteiger charge is -2.12. The van der Waals surface area contributed by atoms with Gasteiger partial charge in [-0.3, -0.25) is 15.1 Å². The summed E-state index contributed by atoms with van der Waals surface area (Å²) in [4.78, 5) is 27.6. The highest BCUT2D eigenvalue weighted by atomic mass is 79.9. The van der Waals surface area contributed by atoms with Crippen LogP contribution in [0.25, 0.3) is 11.3 Å². The Bertz CT molecular complexity index is 1070. The molecule has 146 valence electrons. The molecule has 0 aliphatic heterocycles. The van der Waals surface area contributed by atoms with Crippen molar-refractivity contribution in [2.75, 3.05) is 0 Å². The Balaban J connectivity index is 2.05. The van der Waals surface area contributed by atoms with E-state index in [0.717, 1.165) is 5.56 Å². The highest BCUT2D eigenvalue weighted by Gasteiger charge is 2.25. The van der Waals surface area contributed by atoms with Crippen LogP contribution < -0.4 is 0 Å². The molecule has 0 atom stereocenters. The summed E-state index contributed by atoms with van der Waals surface area (Å²) in [5.74, 6) is -1.28. The van der Waals surface area contributed by atoms with Crippen LogP contribution in [-0.4, -0.2) is 21.0 Å². The maximum Gasteiger partial charge on any atom is 0.344 e. The number of aliphatic hydroxyl groups is 1. The largest absolute Gasteiger partial charge is 0.506 e. The number of halogens is 1. The van der Waals surface area contributed by atoms with E-state index in [1.54, 1.807) is 30.3 Å². The molecular weight excluding hydrogens is 440 g/mol. The number of benzene rings is 2. The first kappa shape index (κ1) is 20.2. The van der Waals surface area contributed by atoms with E-state index in [2.05, 4.69) is 20.9 Å². The fourth-order valence-corrected chi connectivity index (χ4v) is 3.20. The number of esters is 1. The van der Waals surface area contributed by atoms with E-state index >= 15 is 0 Å². The first-order chi connectivity index (χ1) is 14.0. The van der Waals surface area contributed by atoms with Gasteiger partial charge in [0.15, 0.2) is 0 Å². The molecule has 0 aliphatic rings. The fraction of sp³-hybridized carbons (Fsp3) is 0.0476. The molecule has 1 N–H and O–H groups in total. The first-order valence-electron chi connectivity index (χ1n) is 8.48. The minimum absolute atomic E-state index is 0.000601. The van der Waals surface area contributed by atoms with Crippen LogP contribution in [0.5, 0.6) is 0 Å². The second kappa shape index (κ2) is 9.11. The molecule has 29 heavy (non-hydrogen) atoms. The van der Waals surface area contributed by atoms with Gasteiger partial charge in [0.1, 0.15) is 22.4 Å². The third kappa shape index (κ3) is 4.67. The molecule has 0 aliphatic carbocycles. The summed E-state index contributed by atoms with van der Waals surface area (Å²) in [5, 5.41) is 22.1. The van der Waals surface area contributed by atoms with E-state index in [0.29, 0.717) is 0 Å². The second-order valence-electron chi connectivity index (χ2n) is 5.90. The Labute approximate surface area is 174 Å². The Kier molecular flexibility index (Phi) is 6.36. The lowest BCUT2D eigenvalue weighted by atomic mass is 10.0. The Morgan fingerprint density at radius 1 is 1.07 bits per heavy atom. The predicted molar refractivity (Wildman–Crippen MR) is 111 cm³/mol. The summed E-state index contributed by atoms with van der Waals surface area (Å²) < 4.78 is 5.41. The van der Waals surface area contributed by atoms with Crippen LogP contribution in [0, 0.1) is 10.1 Å². The van der Waals surface area contributed by atoms with Crippen molar-refractivity contribution in [1.82, 2.24) is 4.98 Å². The maximum absolute atomic E-state index is 12.8. The molecule has 0 bridgehead atoms. The monoisotopic (exact) mass is 454 g/mol. The number of aliphatic hydroxyl groups excluding tert-OH is 1. The van der Waals surface area contributed by atoms with Crippen molar-refractivity contribution >= 4 is 38.9 Å². The summed E-state index contributed by atoms with van der Waals surface area (Å²) in [6, 6.07) is 18.1. The van der Waals surface area contributed by atoms with Crippen LogP contribution in [-0.2, 0) is 16.1 Å². The summed E-state index contributed by atoms with van der Waals surface area (Å²) >= 11 is 3.14. The minimum atomic E-state index is -0.802. The minimum Gasteiger partial charge on any atom is -0.506 e. The van der Waals surface area contributed by atoms with Crippen molar-refractivity contribution in [1.29, 1.82) is 0 Å². The first-order valence-corrected chi connectivity index (χ1v) is 9.27. The quantitative estimate of drug-likeness (QED) is 0.186. The zero-order chi connectivity index (χ0) is 20.8. The zero-order valence-electron chi connectivity index (χ0n) is 15.0. The van der Waals surface area contributed by atoms with Crippen LogP contribution in [0.4, 0.5) is 5.69 Å². The molecular formula is C21H15BrN2O5. The molecule has 0 saturated heterocycles. The number of hydrogen-bond donors (Lipinski definition) is 1. The van der Waals surface area contributed by atoms with Crippen LogP contribution in [0.1, 0.15) is 16.8 Å². The molecule has 3 rings (SSSR count). The topological polar surface area (TPSA) is 103 Å². The van der Waals surface area contributed by atoms with Gasteiger partial charge in [-0.15, -0.1) is 0 Å². The molecule has 3 aromatic rings. The Morgan fingerprint density at radius 2 is 1.79 bits per heavy atom. The third-order valence-electron chi connectivity index (χ3n) is 4.00. The van der Waals surface area contributed by atoms with Gasteiger partial charge in [0, 0.05) is 17.8 Å². The van der Waals surface area contributed by atoms with Crippen LogP contribution in [0.3, 0.4) is 0 Å². The van der Waals surface area contributed by atoms with E-state index in [1.807, 2.05) is 18.2 Å². The molecule has 0 radical (unpaired) electrons. The van der Waals surface area contributed by atoms with E-state index in [9.17, 15) is 20.0 Å². The van der Waals surface area contributed by atoms with Crippen molar-refractivity contribution in [3.05, 3.63) is 104 Å². The number of aromatic nitrogens is 1. The summed E-state index contributed by atoms with van der Waals surface area (Å²) in [6.45, 7) is -0.000601. The number of carbonyl (C=O) groups excluding carboxylic acids is 1. The smallest absolute Gasteiger partial charge is 0.344 e. The predicted octanol–water partition coefficient (Wildman–Crippen LogP) is 4.92. The molecule has 1 heterocycles. The van der Waals surface area contributed by atoms with Gasteiger partial charge < -0.3 is 9.84 Å². The molecule has 0 fully saturated rings. The zero-order valence-corrected chi connectivity index (χ0v) is 16.6. The molecule has 0 amide bonds. The molecule has 0 unspecified atom stereocenters. The van der Waals surface area contributed by atoms with Gasteiger partial charge in [0.05, 0.1) is 10.6 Å². The summed E-state index contributed by atoms with van der Waals surface area (Å²) in [7, 11) is 0. The lowest BCUT2D eigenvalue weighted by Crippen LogP contribution is -2.11. The molecule has 0 spiro atoms. The number of ether oxygens (including phenoxy) is 1. The van der Waals surface area contributed by atoms with Crippen molar-refractivity contribution in [2.24, 2.45) is 0 Å².